The van der Waals surface area contributed by atoms with Gasteiger partial charge in [-0.25, -0.2) is 0 Å². The minimum atomic E-state index is 0.486. The van der Waals surface area contributed by atoms with Crippen molar-refractivity contribution in [3.63, 3.8) is 0 Å². The molecular formula is C18H18N4OS. The maximum atomic E-state index is 5.83. The van der Waals surface area contributed by atoms with Gasteiger partial charge in [-0.1, -0.05) is 49.4 Å². The van der Waals surface area contributed by atoms with Crippen LogP contribution < -0.4 is 4.74 Å². The number of H-pyrrole nitrogens is 1. The van der Waals surface area contributed by atoms with E-state index in [0.717, 1.165) is 29.1 Å². The number of benzene rings is 2. The highest BCUT2D eigenvalue weighted by molar-refractivity contribution is 7.71. The SMILES string of the molecule is CCc1n[nH]c(=S)n1N=Cc1cccc(OCc2ccccc2)c1. The van der Waals surface area contributed by atoms with Gasteiger partial charge in [0.1, 0.15) is 12.4 Å². The second-order valence-electron chi connectivity index (χ2n) is 5.20. The van der Waals surface area contributed by atoms with E-state index in [1.54, 1.807) is 10.9 Å². The molecule has 0 atom stereocenters. The van der Waals surface area contributed by atoms with Gasteiger partial charge in [-0.3, -0.25) is 5.10 Å². The van der Waals surface area contributed by atoms with Crippen LogP contribution in [0.15, 0.2) is 59.7 Å². The molecule has 24 heavy (non-hydrogen) atoms. The molecular weight excluding hydrogens is 320 g/mol. The number of rotatable bonds is 6. The summed E-state index contributed by atoms with van der Waals surface area (Å²) in [6, 6.07) is 17.9. The highest BCUT2D eigenvalue weighted by atomic mass is 32.1. The van der Waals surface area contributed by atoms with E-state index in [1.807, 2.05) is 61.5 Å². The van der Waals surface area contributed by atoms with E-state index >= 15 is 0 Å². The average molecular weight is 338 g/mol. The van der Waals surface area contributed by atoms with Gasteiger partial charge in [0, 0.05) is 6.42 Å². The van der Waals surface area contributed by atoms with Crippen molar-refractivity contribution < 1.29 is 4.74 Å². The summed E-state index contributed by atoms with van der Waals surface area (Å²) in [5, 5.41) is 11.3. The number of hydrogen-bond donors (Lipinski definition) is 1. The number of aryl methyl sites for hydroxylation is 1. The van der Waals surface area contributed by atoms with E-state index in [1.165, 1.54) is 0 Å². The van der Waals surface area contributed by atoms with E-state index in [4.69, 9.17) is 17.0 Å². The molecule has 2 aromatic carbocycles. The second kappa shape index (κ2) is 7.70. The molecule has 0 radical (unpaired) electrons. The Morgan fingerprint density at radius 3 is 2.83 bits per heavy atom. The second-order valence-corrected chi connectivity index (χ2v) is 5.59. The summed E-state index contributed by atoms with van der Waals surface area (Å²) in [7, 11) is 0. The fraction of sp³-hybridized carbons (Fsp3) is 0.167. The topological polar surface area (TPSA) is 55.2 Å². The maximum absolute atomic E-state index is 5.83. The molecule has 0 aliphatic carbocycles. The average Bonchev–Trinajstić information content (AvgIpc) is 2.99. The molecule has 1 aromatic heterocycles. The highest BCUT2D eigenvalue weighted by Crippen LogP contribution is 2.14. The summed E-state index contributed by atoms with van der Waals surface area (Å²) in [6.07, 6.45) is 2.50. The van der Waals surface area contributed by atoms with Crippen molar-refractivity contribution in [1.29, 1.82) is 0 Å². The van der Waals surface area contributed by atoms with Gasteiger partial charge in [0.25, 0.3) is 0 Å². The van der Waals surface area contributed by atoms with Gasteiger partial charge in [0.05, 0.1) is 6.21 Å². The molecule has 0 unspecified atom stereocenters. The third kappa shape index (κ3) is 3.97. The van der Waals surface area contributed by atoms with Crippen LogP contribution in [0.2, 0.25) is 0 Å². The van der Waals surface area contributed by atoms with Crippen LogP contribution in [0.4, 0.5) is 0 Å². The minimum Gasteiger partial charge on any atom is -0.489 e. The smallest absolute Gasteiger partial charge is 0.216 e. The number of nitrogens with one attached hydrogen (secondary N) is 1. The zero-order valence-corrected chi connectivity index (χ0v) is 14.2. The first kappa shape index (κ1) is 16.1. The molecule has 0 fully saturated rings. The van der Waals surface area contributed by atoms with Crippen molar-refractivity contribution in [3.05, 3.63) is 76.3 Å². The largest absolute Gasteiger partial charge is 0.489 e. The molecule has 0 saturated heterocycles. The molecule has 1 heterocycles. The zero-order chi connectivity index (χ0) is 16.8. The van der Waals surface area contributed by atoms with Crippen LogP contribution in [0.5, 0.6) is 5.75 Å². The summed E-state index contributed by atoms with van der Waals surface area (Å²) < 4.78 is 7.95. The summed E-state index contributed by atoms with van der Waals surface area (Å²) in [5.41, 5.74) is 2.07. The van der Waals surface area contributed by atoms with E-state index in [-0.39, 0.29) is 0 Å². The molecule has 3 rings (SSSR count). The van der Waals surface area contributed by atoms with Gasteiger partial charge in [-0.2, -0.15) is 14.9 Å². The summed E-state index contributed by atoms with van der Waals surface area (Å²) in [6.45, 7) is 2.54. The lowest BCUT2D eigenvalue weighted by molar-refractivity contribution is 0.306. The Bertz CT molecular complexity index is 883. The Balaban J connectivity index is 1.72. The van der Waals surface area contributed by atoms with Crippen LogP contribution in [0, 0.1) is 4.77 Å². The molecule has 122 valence electrons. The third-order valence-electron chi connectivity index (χ3n) is 3.46. The fourth-order valence-corrected chi connectivity index (χ4v) is 2.42. The van der Waals surface area contributed by atoms with E-state index in [9.17, 15) is 0 Å². The van der Waals surface area contributed by atoms with Crippen LogP contribution in [-0.2, 0) is 13.0 Å². The number of nitrogens with zero attached hydrogens (tertiary/aromatic N) is 3. The summed E-state index contributed by atoms with van der Waals surface area (Å²) in [4.78, 5) is 0. The minimum absolute atomic E-state index is 0.486. The van der Waals surface area contributed by atoms with Crippen molar-refractivity contribution in [2.75, 3.05) is 0 Å². The Hall–Kier alpha value is -2.73. The molecule has 6 heteroatoms. The van der Waals surface area contributed by atoms with E-state index in [2.05, 4.69) is 15.3 Å². The highest BCUT2D eigenvalue weighted by Gasteiger charge is 2.02. The van der Waals surface area contributed by atoms with Gasteiger partial charge in [0.2, 0.25) is 4.77 Å². The Kier molecular flexibility index (Phi) is 5.18. The van der Waals surface area contributed by atoms with Crippen molar-refractivity contribution in [1.82, 2.24) is 14.9 Å². The first-order valence-electron chi connectivity index (χ1n) is 7.73. The zero-order valence-electron chi connectivity index (χ0n) is 13.3. The van der Waals surface area contributed by atoms with Gasteiger partial charge in [-0.15, -0.1) is 0 Å². The lowest BCUT2D eigenvalue weighted by Gasteiger charge is -2.06. The third-order valence-corrected chi connectivity index (χ3v) is 3.73. The van der Waals surface area contributed by atoms with Crippen LogP contribution in [0.1, 0.15) is 23.9 Å². The molecule has 1 N–H and O–H groups in total. The van der Waals surface area contributed by atoms with Gasteiger partial charge in [0.15, 0.2) is 5.82 Å². The molecule has 0 saturated carbocycles. The number of aromatic nitrogens is 3. The number of aromatic amines is 1. The molecule has 0 aliphatic rings. The van der Waals surface area contributed by atoms with Gasteiger partial charge >= 0.3 is 0 Å². The van der Waals surface area contributed by atoms with Crippen molar-refractivity contribution in [3.8, 4) is 5.75 Å². The molecule has 0 spiro atoms. The lowest BCUT2D eigenvalue weighted by Crippen LogP contribution is -1.98. The number of ether oxygens (including phenoxy) is 1. The Morgan fingerprint density at radius 2 is 2.04 bits per heavy atom. The van der Waals surface area contributed by atoms with Crippen molar-refractivity contribution in [2.24, 2.45) is 5.10 Å². The standard InChI is InChI=1S/C18H18N4OS/c1-2-17-20-21-18(24)22(17)19-12-15-9-6-10-16(11-15)23-13-14-7-4-3-5-8-14/h3-12H,2,13H2,1H3,(H,21,24). The molecule has 0 amide bonds. The fourth-order valence-electron chi connectivity index (χ4n) is 2.22. The predicted molar refractivity (Wildman–Crippen MR) is 97.0 cm³/mol. The van der Waals surface area contributed by atoms with Crippen LogP contribution in [0.25, 0.3) is 0 Å². The van der Waals surface area contributed by atoms with Gasteiger partial charge in [-0.05, 0) is 35.5 Å². The predicted octanol–water partition coefficient (Wildman–Crippen LogP) is 3.96. The Morgan fingerprint density at radius 1 is 1.21 bits per heavy atom. The molecule has 0 aliphatic heterocycles. The first-order valence-corrected chi connectivity index (χ1v) is 8.14. The quantitative estimate of drug-likeness (QED) is 0.547. The van der Waals surface area contributed by atoms with Crippen molar-refractivity contribution >= 4 is 18.4 Å². The van der Waals surface area contributed by atoms with Crippen molar-refractivity contribution in [2.45, 2.75) is 20.0 Å². The normalized spacial score (nSPS) is 11.0. The van der Waals surface area contributed by atoms with Gasteiger partial charge < -0.3 is 4.74 Å². The summed E-state index contributed by atoms with van der Waals surface area (Å²) >= 11 is 5.18. The van der Waals surface area contributed by atoms with Crippen LogP contribution in [0.3, 0.4) is 0 Å². The van der Waals surface area contributed by atoms with Crippen LogP contribution >= 0.6 is 12.2 Å². The molecule has 3 aromatic rings. The lowest BCUT2D eigenvalue weighted by atomic mass is 10.2. The van der Waals surface area contributed by atoms with E-state index in [0.29, 0.717) is 11.4 Å². The Labute approximate surface area is 145 Å². The molecule has 5 nitrogen and oxygen atoms in total. The van der Waals surface area contributed by atoms with Crippen LogP contribution in [-0.4, -0.2) is 21.1 Å². The monoisotopic (exact) mass is 338 g/mol. The summed E-state index contributed by atoms with van der Waals surface area (Å²) in [5.74, 6) is 1.60. The van der Waals surface area contributed by atoms with E-state index < -0.39 is 0 Å². The first-order chi connectivity index (χ1) is 11.8. The molecule has 0 bridgehead atoms. The maximum Gasteiger partial charge on any atom is 0.216 e. The number of hydrogen-bond acceptors (Lipinski definition) is 4.